The van der Waals surface area contributed by atoms with E-state index in [0.717, 1.165) is 10.6 Å². The minimum atomic E-state index is 0.00315. The Balaban J connectivity index is 2.20. The molecule has 0 saturated heterocycles. The number of ketones is 1. The minimum Gasteiger partial charge on any atom is -0.289 e. The highest BCUT2D eigenvalue weighted by Gasteiger charge is 2.09. The maximum atomic E-state index is 11.9. The van der Waals surface area contributed by atoms with E-state index in [2.05, 4.69) is 5.10 Å². The number of rotatable bonds is 3. The monoisotopic (exact) mass is 246 g/mol. The molecule has 2 aromatic heterocycles. The summed E-state index contributed by atoms with van der Waals surface area (Å²) >= 11 is 1.64. The fourth-order valence-corrected chi connectivity index (χ4v) is 2.46. The molecule has 0 aliphatic carbocycles. The van der Waals surface area contributed by atoms with Gasteiger partial charge < -0.3 is 0 Å². The van der Waals surface area contributed by atoms with Crippen LogP contribution in [0.2, 0.25) is 0 Å². The third kappa shape index (κ3) is 2.53. The minimum absolute atomic E-state index is 0.00315. The quantitative estimate of drug-likeness (QED) is 0.616. The van der Waals surface area contributed by atoms with Gasteiger partial charge in [0.25, 0.3) is 0 Å². The van der Waals surface area contributed by atoms with Gasteiger partial charge in [-0.1, -0.05) is 0 Å². The van der Waals surface area contributed by atoms with Gasteiger partial charge in [0, 0.05) is 18.1 Å². The van der Waals surface area contributed by atoms with E-state index in [1.807, 2.05) is 38.4 Å². The molecule has 0 saturated carbocycles. The average molecular weight is 246 g/mol. The number of allylic oxidation sites excluding steroid dienone is 1. The van der Waals surface area contributed by atoms with Crippen LogP contribution in [0.3, 0.4) is 0 Å². The van der Waals surface area contributed by atoms with Crippen molar-refractivity contribution in [3.8, 4) is 0 Å². The number of aromatic nitrogens is 2. The predicted molar refractivity (Wildman–Crippen MR) is 70.4 cm³/mol. The summed E-state index contributed by atoms with van der Waals surface area (Å²) in [5, 5.41) is 6.18. The molecule has 2 rings (SSSR count). The zero-order valence-electron chi connectivity index (χ0n) is 10.1. The smallest absolute Gasteiger partial charge is 0.189 e. The Morgan fingerprint density at radius 2 is 2.24 bits per heavy atom. The number of thiophene rings is 1. The van der Waals surface area contributed by atoms with Gasteiger partial charge in [-0.2, -0.15) is 5.10 Å². The first-order valence-electron chi connectivity index (χ1n) is 5.34. The lowest BCUT2D eigenvalue weighted by Crippen LogP contribution is -1.94. The van der Waals surface area contributed by atoms with Crippen molar-refractivity contribution in [1.29, 1.82) is 0 Å². The molecule has 0 atom stereocenters. The Bertz CT molecular complexity index is 578. The molecule has 17 heavy (non-hydrogen) atoms. The number of aryl methyl sites for hydroxylation is 3. The first kappa shape index (κ1) is 11.8. The van der Waals surface area contributed by atoms with Crippen LogP contribution in [-0.4, -0.2) is 15.6 Å². The zero-order valence-corrected chi connectivity index (χ0v) is 10.9. The van der Waals surface area contributed by atoms with E-state index in [-0.39, 0.29) is 5.78 Å². The molecule has 0 unspecified atom stereocenters. The fraction of sp³-hybridized carbons (Fsp3) is 0.231. The van der Waals surface area contributed by atoms with Gasteiger partial charge in [0.05, 0.1) is 11.3 Å². The highest BCUT2D eigenvalue weighted by molar-refractivity contribution is 7.11. The Kier molecular flexibility index (Phi) is 3.24. The molecule has 0 bridgehead atoms. The summed E-state index contributed by atoms with van der Waals surface area (Å²) < 4.78 is 1.66. The van der Waals surface area contributed by atoms with Crippen LogP contribution < -0.4 is 0 Å². The number of nitrogens with zero attached hydrogens (tertiary/aromatic N) is 2. The molecule has 4 heteroatoms. The second-order valence-electron chi connectivity index (χ2n) is 3.97. The molecular formula is C13H14N2OS. The fourth-order valence-electron chi connectivity index (χ4n) is 1.64. The average Bonchev–Trinajstić information content (AvgIpc) is 2.81. The molecule has 0 radical (unpaired) electrons. The van der Waals surface area contributed by atoms with Gasteiger partial charge in [-0.25, -0.2) is 0 Å². The van der Waals surface area contributed by atoms with Crippen molar-refractivity contribution >= 4 is 23.2 Å². The molecule has 3 nitrogen and oxygen atoms in total. The summed E-state index contributed by atoms with van der Waals surface area (Å²) in [7, 11) is 1.82. The summed E-state index contributed by atoms with van der Waals surface area (Å²) in [6.07, 6.45) is 5.24. The third-order valence-electron chi connectivity index (χ3n) is 2.57. The second-order valence-corrected chi connectivity index (χ2v) is 4.91. The molecule has 0 fully saturated rings. The first-order chi connectivity index (χ1) is 8.08. The number of hydrogen-bond acceptors (Lipinski definition) is 3. The Labute approximate surface area is 104 Å². The molecule has 2 aromatic rings. The topological polar surface area (TPSA) is 34.9 Å². The lowest BCUT2D eigenvalue weighted by Gasteiger charge is -1.91. The van der Waals surface area contributed by atoms with Gasteiger partial charge in [0.1, 0.15) is 0 Å². The molecule has 0 aromatic carbocycles. The van der Waals surface area contributed by atoms with Gasteiger partial charge in [-0.05, 0) is 43.0 Å². The highest BCUT2D eigenvalue weighted by atomic mass is 32.1. The van der Waals surface area contributed by atoms with Crippen LogP contribution in [0.5, 0.6) is 0 Å². The lowest BCUT2D eigenvalue weighted by molar-refractivity contribution is 0.104. The van der Waals surface area contributed by atoms with E-state index < -0.39 is 0 Å². The van der Waals surface area contributed by atoms with Gasteiger partial charge in [0.2, 0.25) is 0 Å². The first-order valence-corrected chi connectivity index (χ1v) is 6.22. The third-order valence-corrected chi connectivity index (χ3v) is 3.55. The van der Waals surface area contributed by atoms with Crippen molar-refractivity contribution in [3.05, 3.63) is 45.4 Å². The van der Waals surface area contributed by atoms with E-state index >= 15 is 0 Å². The summed E-state index contributed by atoms with van der Waals surface area (Å²) in [4.78, 5) is 13.1. The Morgan fingerprint density at radius 1 is 1.47 bits per heavy atom. The normalized spacial score (nSPS) is 11.2. The number of hydrogen-bond donors (Lipinski definition) is 0. The maximum Gasteiger partial charge on any atom is 0.189 e. The van der Waals surface area contributed by atoms with Gasteiger partial charge in [-0.3, -0.25) is 9.48 Å². The molecule has 88 valence electrons. The zero-order chi connectivity index (χ0) is 12.4. The van der Waals surface area contributed by atoms with Crippen LogP contribution in [-0.2, 0) is 7.05 Å². The largest absolute Gasteiger partial charge is 0.289 e. The highest BCUT2D eigenvalue weighted by Crippen LogP contribution is 2.17. The van der Waals surface area contributed by atoms with Crippen molar-refractivity contribution in [1.82, 2.24) is 9.78 Å². The van der Waals surface area contributed by atoms with Gasteiger partial charge in [-0.15, -0.1) is 11.3 Å². The lowest BCUT2D eigenvalue weighted by atomic mass is 10.1. The van der Waals surface area contributed by atoms with Crippen molar-refractivity contribution < 1.29 is 4.79 Å². The Morgan fingerprint density at radius 3 is 2.76 bits per heavy atom. The molecule has 2 heterocycles. The van der Waals surface area contributed by atoms with Gasteiger partial charge >= 0.3 is 0 Å². The van der Waals surface area contributed by atoms with Crippen LogP contribution in [0.1, 0.15) is 26.5 Å². The Hall–Kier alpha value is -1.68. The number of carbonyl (C=O) groups excluding carboxylic acids is 1. The molecule has 0 spiro atoms. The predicted octanol–water partition coefficient (Wildman–Crippen LogP) is 2.99. The van der Waals surface area contributed by atoms with Crippen LogP contribution >= 0.6 is 11.3 Å². The van der Waals surface area contributed by atoms with E-state index in [1.165, 1.54) is 5.56 Å². The van der Waals surface area contributed by atoms with E-state index in [1.54, 1.807) is 28.3 Å². The van der Waals surface area contributed by atoms with Crippen molar-refractivity contribution in [2.75, 3.05) is 0 Å². The molecule has 0 aliphatic heterocycles. The molecular weight excluding hydrogens is 232 g/mol. The van der Waals surface area contributed by atoms with Gasteiger partial charge in [0.15, 0.2) is 5.78 Å². The van der Waals surface area contributed by atoms with Crippen molar-refractivity contribution in [2.24, 2.45) is 7.05 Å². The van der Waals surface area contributed by atoms with E-state index in [9.17, 15) is 4.79 Å². The SMILES string of the molecule is Cc1ccsc1/C=C/C(=O)c1cn(C)nc1C. The molecule has 0 aliphatic rings. The number of carbonyl (C=O) groups is 1. The molecule has 0 amide bonds. The van der Waals surface area contributed by atoms with Crippen LogP contribution in [0, 0.1) is 13.8 Å². The van der Waals surface area contributed by atoms with Crippen LogP contribution in [0.25, 0.3) is 6.08 Å². The summed E-state index contributed by atoms with van der Waals surface area (Å²) in [5.41, 5.74) is 2.63. The molecule has 0 N–H and O–H groups in total. The standard InChI is InChI=1S/C13H14N2OS/c1-9-6-7-17-13(9)5-4-12(16)11-8-15(3)14-10(11)2/h4-8H,1-3H3/b5-4+. The summed E-state index contributed by atoms with van der Waals surface area (Å²) in [6, 6.07) is 2.05. The summed E-state index contributed by atoms with van der Waals surface area (Å²) in [5.74, 6) is 0.00315. The van der Waals surface area contributed by atoms with Crippen LogP contribution in [0.4, 0.5) is 0 Å². The van der Waals surface area contributed by atoms with E-state index in [4.69, 9.17) is 0 Å². The van der Waals surface area contributed by atoms with E-state index in [0.29, 0.717) is 5.56 Å². The maximum absolute atomic E-state index is 11.9. The van der Waals surface area contributed by atoms with Crippen molar-refractivity contribution in [3.63, 3.8) is 0 Å². The summed E-state index contributed by atoms with van der Waals surface area (Å²) in [6.45, 7) is 3.88. The van der Waals surface area contributed by atoms with Crippen molar-refractivity contribution in [2.45, 2.75) is 13.8 Å². The second kappa shape index (κ2) is 4.67. The van der Waals surface area contributed by atoms with Crippen LogP contribution in [0.15, 0.2) is 23.7 Å².